The average molecular weight is 164 g/mol. The van der Waals surface area contributed by atoms with Crippen LogP contribution in [0.25, 0.3) is 0 Å². The minimum Gasteiger partial charge on any atom is -0.302 e. The Morgan fingerprint density at radius 1 is 1.70 bits per heavy atom. The molecule has 1 aromatic heterocycles. The molecule has 1 rings (SSSR count). The Morgan fingerprint density at radius 2 is 2.40 bits per heavy atom. The zero-order chi connectivity index (χ0) is 7.61. The van der Waals surface area contributed by atoms with Crippen LogP contribution in [0.15, 0.2) is 11.5 Å². The predicted molar refractivity (Wildman–Crippen MR) is 28.5 cm³/mol. The molecule has 8 heteroatoms. The van der Waals surface area contributed by atoms with Crippen molar-refractivity contribution < 1.29 is 13.6 Å². The molecular formula is C2H4N4O3S. The van der Waals surface area contributed by atoms with E-state index in [2.05, 4.69) is 15.2 Å². The molecule has 0 saturated heterocycles. The lowest BCUT2D eigenvalue weighted by Gasteiger charge is -1.91. The molecule has 0 radical (unpaired) electrons. The maximum Gasteiger partial charge on any atom is 0.297 e. The van der Waals surface area contributed by atoms with E-state index in [0.29, 0.717) is 0 Å². The van der Waals surface area contributed by atoms with Crippen LogP contribution in [0.2, 0.25) is 0 Å². The Balaban J connectivity index is 3.09. The van der Waals surface area contributed by atoms with Gasteiger partial charge in [-0.1, -0.05) is 4.89 Å². The highest BCUT2D eigenvalue weighted by molar-refractivity contribution is 7.89. The van der Waals surface area contributed by atoms with E-state index in [1.54, 1.807) is 0 Å². The monoisotopic (exact) mass is 164 g/mol. The molecule has 0 atom stereocenters. The summed E-state index contributed by atoms with van der Waals surface area (Å²) in [5.41, 5.74) is 0. The van der Waals surface area contributed by atoms with Crippen LogP contribution in [0.3, 0.4) is 0 Å². The van der Waals surface area contributed by atoms with Gasteiger partial charge in [0.1, 0.15) is 6.33 Å². The van der Waals surface area contributed by atoms with Crippen molar-refractivity contribution >= 4 is 10.0 Å². The lowest BCUT2D eigenvalue weighted by molar-refractivity contribution is 0.241. The molecule has 1 aromatic rings. The van der Waals surface area contributed by atoms with Crippen molar-refractivity contribution in [2.75, 3.05) is 0 Å². The Kier molecular flexibility index (Phi) is 1.66. The van der Waals surface area contributed by atoms with Crippen molar-refractivity contribution in [1.82, 2.24) is 20.1 Å². The summed E-state index contributed by atoms with van der Waals surface area (Å²) in [6.45, 7) is 0. The molecule has 3 N–H and O–H groups in total. The molecule has 7 nitrogen and oxygen atoms in total. The zero-order valence-electron chi connectivity index (χ0n) is 4.64. The van der Waals surface area contributed by atoms with Gasteiger partial charge in [-0.25, -0.2) is 18.5 Å². The molecule has 0 aliphatic rings. The lowest BCUT2D eigenvalue weighted by Crippen LogP contribution is -2.20. The summed E-state index contributed by atoms with van der Waals surface area (Å²) >= 11 is 0. The molecule has 0 bridgehead atoms. The van der Waals surface area contributed by atoms with Crippen molar-refractivity contribution in [3.8, 4) is 0 Å². The Bertz CT molecular complexity index is 288. The van der Waals surface area contributed by atoms with Gasteiger partial charge >= 0.3 is 0 Å². The maximum atomic E-state index is 10.6. The second kappa shape index (κ2) is 2.33. The summed E-state index contributed by atoms with van der Waals surface area (Å²) in [5.74, 6) is 0. The van der Waals surface area contributed by atoms with E-state index < -0.39 is 15.2 Å². The summed E-state index contributed by atoms with van der Waals surface area (Å²) in [6, 6.07) is 0. The number of nitrogens with one attached hydrogen (secondary N) is 2. The van der Waals surface area contributed by atoms with Crippen LogP contribution in [-0.4, -0.2) is 28.8 Å². The van der Waals surface area contributed by atoms with Crippen molar-refractivity contribution in [1.29, 1.82) is 0 Å². The normalized spacial score (nSPS) is 11.7. The third-order valence-electron chi connectivity index (χ3n) is 0.768. The predicted octanol–water partition coefficient (Wildman–Crippen LogP) is -1.53. The lowest BCUT2D eigenvalue weighted by atomic mass is 11.3. The van der Waals surface area contributed by atoms with Crippen LogP contribution >= 0.6 is 0 Å². The first kappa shape index (κ1) is 7.12. The first-order valence-corrected chi connectivity index (χ1v) is 3.66. The van der Waals surface area contributed by atoms with Gasteiger partial charge in [-0.05, 0) is 0 Å². The minimum atomic E-state index is -3.88. The fourth-order valence-electron chi connectivity index (χ4n) is 0.367. The van der Waals surface area contributed by atoms with E-state index in [1.165, 1.54) is 0 Å². The van der Waals surface area contributed by atoms with Gasteiger partial charge in [-0.15, -0.1) is 0 Å². The van der Waals surface area contributed by atoms with Gasteiger partial charge < -0.3 is 5.21 Å². The van der Waals surface area contributed by atoms with E-state index in [0.717, 1.165) is 11.2 Å². The zero-order valence-corrected chi connectivity index (χ0v) is 5.46. The Hall–Kier alpha value is -0.990. The van der Waals surface area contributed by atoms with Crippen molar-refractivity contribution in [3.05, 3.63) is 6.33 Å². The number of sulfonamides is 1. The Labute approximate surface area is 56.1 Å². The number of aromatic amines is 1. The van der Waals surface area contributed by atoms with E-state index >= 15 is 0 Å². The SMILES string of the molecule is O=S(=O)(NO)c1ncn[nH]1. The number of H-pyrrole nitrogens is 1. The van der Waals surface area contributed by atoms with Crippen molar-refractivity contribution in [2.24, 2.45) is 0 Å². The molecule has 0 aliphatic heterocycles. The first-order chi connectivity index (χ1) is 4.67. The van der Waals surface area contributed by atoms with Crippen LogP contribution in [0, 0.1) is 0 Å². The number of nitrogens with zero attached hydrogens (tertiary/aromatic N) is 2. The van der Waals surface area contributed by atoms with E-state index in [9.17, 15) is 8.42 Å². The summed E-state index contributed by atoms with van der Waals surface area (Å²) in [5, 5.41) is 12.9. The minimum absolute atomic E-state index is 0.421. The highest BCUT2D eigenvalue weighted by Crippen LogP contribution is 1.94. The molecule has 0 amide bonds. The number of aromatic nitrogens is 3. The van der Waals surface area contributed by atoms with Gasteiger partial charge in [-0.3, -0.25) is 0 Å². The quantitative estimate of drug-likeness (QED) is 0.459. The first-order valence-electron chi connectivity index (χ1n) is 2.18. The highest BCUT2D eigenvalue weighted by Gasteiger charge is 2.14. The van der Waals surface area contributed by atoms with Gasteiger partial charge in [0.15, 0.2) is 0 Å². The molecule has 10 heavy (non-hydrogen) atoms. The summed E-state index contributed by atoms with van der Waals surface area (Å²) in [7, 11) is -3.88. The number of rotatable bonds is 2. The van der Waals surface area contributed by atoms with Crippen LogP contribution < -0.4 is 4.89 Å². The average Bonchev–Trinajstić information content (AvgIpc) is 2.38. The van der Waals surface area contributed by atoms with Crippen LogP contribution in [0.4, 0.5) is 0 Å². The second-order valence-electron chi connectivity index (χ2n) is 1.39. The molecule has 56 valence electrons. The fraction of sp³-hybridized carbons (Fsp3) is 0. The molecule has 0 aliphatic carbocycles. The van der Waals surface area contributed by atoms with Gasteiger partial charge in [0.25, 0.3) is 15.2 Å². The molecule has 0 saturated carbocycles. The summed E-state index contributed by atoms with van der Waals surface area (Å²) in [6.07, 6.45) is 1.02. The maximum absolute atomic E-state index is 10.6. The third-order valence-corrected chi connectivity index (χ3v) is 1.71. The smallest absolute Gasteiger partial charge is 0.297 e. The summed E-state index contributed by atoms with van der Waals surface area (Å²) < 4.78 is 21.1. The molecule has 0 fully saturated rings. The number of hydrogen-bond donors (Lipinski definition) is 3. The molecule has 1 heterocycles. The van der Waals surface area contributed by atoms with Crippen molar-refractivity contribution in [2.45, 2.75) is 5.16 Å². The second-order valence-corrected chi connectivity index (χ2v) is 2.96. The van der Waals surface area contributed by atoms with Crippen molar-refractivity contribution in [3.63, 3.8) is 0 Å². The standard InChI is InChI=1S/C2H4N4O3S/c7-6-10(8,9)2-3-1-4-5-2/h1,6-7H,(H,3,4,5). The van der Waals surface area contributed by atoms with E-state index in [4.69, 9.17) is 5.21 Å². The van der Waals surface area contributed by atoms with Gasteiger partial charge in [0.05, 0.1) is 0 Å². The number of hydrogen-bond acceptors (Lipinski definition) is 5. The van der Waals surface area contributed by atoms with E-state index in [1.807, 2.05) is 0 Å². The molecule has 0 aromatic carbocycles. The van der Waals surface area contributed by atoms with Crippen LogP contribution in [0.5, 0.6) is 0 Å². The fourth-order valence-corrected chi connectivity index (χ4v) is 0.812. The van der Waals surface area contributed by atoms with E-state index in [-0.39, 0.29) is 0 Å². The van der Waals surface area contributed by atoms with Gasteiger partial charge in [-0.2, -0.15) is 5.10 Å². The summed E-state index contributed by atoms with van der Waals surface area (Å²) in [4.78, 5) is 4.36. The molecule has 0 unspecified atom stereocenters. The van der Waals surface area contributed by atoms with Gasteiger partial charge in [0, 0.05) is 0 Å². The topological polar surface area (TPSA) is 108 Å². The van der Waals surface area contributed by atoms with Gasteiger partial charge in [0.2, 0.25) is 0 Å². The van der Waals surface area contributed by atoms with Crippen LogP contribution in [0.1, 0.15) is 0 Å². The molecular weight excluding hydrogens is 160 g/mol. The highest BCUT2D eigenvalue weighted by atomic mass is 32.2. The third kappa shape index (κ3) is 1.12. The largest absolute Gasteiger partial charge is 0.302 e. The Morgan fingerprint density at radius 3 is 2.80 bits per heavy atom. The molecule has 0 spiro atoms. The van der Waals surface area contributed by atoms with Crippen LogP contribution in [-0.2, 0) is 10.0 Å².